The Morgan fingerprint density at radius 3 is 2.47 bits per heavy atom. The van der Waals surface area contributed by atoms with E-state index in [1.54, 1.807) is 13.8 Å². The number of ketones is 1. The third-order valence-corrected chi connectivity index (χ3v) is 2.98. The van der Waals surface area contributed by atoms with E-state index in [-0.39, 0.29) is 18.8 Å². The van der Waals surface area contributed by atoms with Crippen molar-refractivity contribution in [3.63, 3.8) is 0 Å². The van der Waals surface area contributed by atoms with Crippen molar-refractivity contribution in [1.82, 2.24) is 0 Å². The summed E-state index contributed by atoms with van der Waals surface area (Å²) in [4.78, 5) is 11.5. The lowest BCUT2D eigenvalue weighted by molar-refractivity contribution is -0.154. The van der Waals surface area contributed by atoms with Crippen LogP contribution < -0.4 is 0 Å². The Hall–Kier alpha value is -0.490. The molecule has 0 spiro atoms. The van der Waals surface area contributed by atoms with Crippen LogP contribution in [0, 0.1) is 5.92 Å². The Morgan fingerprint density at radius 2 is 2.07 bits per heavy atom. The predicted molar refractivity (Wildman–Crippen MR) is 50.0 cm³/mol. The van der Waals surface area contributed by atoms with Gasteiger partial charge < -0.3 is 19.7 Å². The molecule has 1 saturated carbocycles. The second kappa shape index (κ2) is 3.52. The number of carbonyl (C=O) groups excluding carboxylic acids is 1. The minimum absolute atomic E-state index is 0.00607. The average Bonchev–Trinajstić information content (AvgIpc) is 2.56. The molecule has 1 saturated heterocycles. The Kier molecular flexibility index (Phi) is 2.58. The summed E-state index contributed by atoms with van der Waals surface area (Å²) in [6.07, 6.45) is -2.43. The first-order valence-electron chi connectivity index (χ1n) is 5.11. The van der Waals surface area contributed by atoms with Gasteiger partial charge in [0.25, 0.3) is 0 Å². The van der Waals surface area contributed by atoms with Gasteiger partial charge in [0.1, 0.15) is 5.78 Å². The zero-order valence-corrected chi connectivity index (χ0v) is 8.84. The number of hydrogen-bond donors (Lipinski definition) is 2. The van der Waals surface area contributed by atoms with Crippen molar-refractivity contribution in [3.05, 3.63) is 0 Å². The van der Waals surface area contributed by atoms with Gasteiger partial charge in [0, 0.05) is 6.42 Å². The van der Waals surface area contributed by atoms with Gasteiger partial charge in [-0.1, -0.05) is 0 Å². The van der Waals surface area contributed by atoms with Crippen LogP contribution in [0.25, 0.3) is 0 Å². The summed E-state index contributed by atoms with van der Waals surface area (Å²) in [5.41, 5.74) is 0. The van der Waals surface area contributed by atoms with Gasteiger partial charge in [-0.3, -0.25) is 4.79 Å². The highest BCUT2D eigenvalue weighted by atomic mass is 16.7. The molecular weight excluding hydrogens is 200 g/mol. The molecule has 2 fully saturated rings. The molecule has 2 rings (SSSR count). The van der Waals surface area contributed by atoms with E-state index in [0.717, 1.165) is 0 Å². The summed E-state index contributed by atoms with van der Waals surface area (Å²) in [5.74, 6) is -1.51. The van der Waals surface area contributed by atoms with E-state index < -0.39 is 30.0 Å². The van der Waals surface area contributed by atoms with Gasteiger partial charge in [0.05, 0.1) is 30.8 Å². The maximum atomic E-state index is 11.5. The van der Waals surface area contributed by atoms with Crippen molar-refractivity contribution in [3.8, 4) is 0 Å². The third kappa shape index (κ3) is 1.92. The van der Waals surface area contributed by atoms with Crippen LogP contribution in [-0.2, 0) is 14.3 Å². The summed E-state index contributed by atoms with van der Waals surface area (Å²) < 4.78 is 10.8. The van der Waals surface area contributed by atoms with Gasteiger partial charge in [-0.05, 0) is 13.8 Å². The lowest BCUT2D eigenvalue weighted by Gasteiger charge is -2.22. The Balaban J connectivity index is 2.09. The molecule has 2 N–H and O–H groups in total. The zero-order valence-electron chi connectivity index (χ0n) is 8.84. The SMILES string of the molecule is CC1(C)OC[C@H]([C@@H]2C(=O)C[C@H](O)[C@H]2O)O1. The Morgan fingerprint density at radius 1 is 1.40 bits per heavy atom. The lowest BCUT2D eigenvalue weighted by atomic mass is 9.98. The summed E-state index contributed by atoms with van der Waals surface area (Å²) in [7, 11) is 0. The summed E-state index contributed by atoms with van der Waals surface area (Å²) in [6.45, 7) is 3.80. The third-order valence-electron chi connectivity index (χ3n) is 2.98. The van der Waals surface area contributed by atoms with E-state index in [4.69, 9.17) is 9.47 Å². The summed E-state index contributed by atoms with van der Waals surface area (Å²) >= 11 is 0. The number of rotatable bonds is 1. The van der Waals surface area contributed by atoms with E-state index in [1.807, 2.05) is 0 Å². The van der Waals surface area contributed by atoms with E-state index in [0.29, 0.717) is 0 Å². The molecule has 0 bridgehead atoms. The first kappa shape index (κ1) is 11.0. The van der Waals surface area contributed by atoms with Crippen molar-refractivity contribution in [2.24, 2.45) is 5.92 Å². The van der Waals surface area contributed by atoms with E-state index in [2.05, 4.69) is 0 Å². The predicted octanol–water partition coefficient (Wildman–Crippen LogP) is -0.551. The highest BCUT2D eigenvalue weighted by Gasteiger charge is 2.49. The zero-order chi connectivity index (χ0) is 11.2. The fraction of sp³-hybridized carbons (Fsp3) is 0.900. The molecule has 1 heterocycles. The highest BCUT2D eigenvalue weighted by Crippen LogP contribution is 2.34. The molecule has 2 aliphatic rings. The van der Waals surface area contributed by atoms with Crippen LogP contribution in [-0.4, -0.2) is 46.7 Å². The minimum Gasteiger partial charge on any atom is -0.390 e. The number of aliphatic hydroxyl groups is 2. The van der Waals surface area contributed by atoms with Crippen LogP contribution >= 0.6 is 0 Å². The molecule has 0 radical (unpaired) electrons. The van der Waals surface area contributed by atoms with Crippen LogP contribution in [0.1, 0.15) is 20.3 Å². The van der Waals surface area contributed by atoms with E-state index in [9.17, 15) is 15.0 Å². The van der Waals surface area contributed by atoms with Crippen molar-refractivity contribution in [2.45, 2.75) is 44.4 Å². The lowest BCUT2D eigenvalue weighted by Crippen LogP contribution is -2.37. The maximum absolute atomic E-state index is 11.5. The van der Waals surface area contributed by atoms with Crippen molar-refractivity contribution < 1.29 is 24.5 Å². The van der Waals surface area contributed by atoms with E-state index >= 15 is 0 Å². The average molecular weight is 216 g/mol. The molecule has 86 valence electrons. The number of ether oxygens (including phenoxy) is 2. The van der Waals surface area contributed by atoms with E-state index in [1.165, 1.54) is 0 Å². The van der Waals surface area contributed by atoms with Gasteiger partial charge in [0.2, 0.25) is 0 Å². The van der Waals surface area contributed by atoms with Crippen LogP contribution in [0.15, 0.2) is 0 Å². The highest BCUT2D eigenvalue weighted by molar-refractivity contribution is 5.85. The van der Waals surface area contributed by atoms with Crippen molar-refractivity contribution >= 4 is 5.78 Å². The van der Waals surface area contributed by atoms with Crippen molar-refractivity contribution in [1.29, 1.82) is 0 Å². The van der Waals surface area contributed by atoms with Gasteiger partial charge >= 0.3 is 0 Å². The minimum atomic E-state index is -1.03. The van der Waals surface area contributed by atoms with Crippen LogP contribution in [0.4, 0.5) is 0 Å². The summed E-state index contributed by atoms with van der Waals surface area (Å²) in [5, 5.41) is 19.0. The molecule has 0 aromatic rings. The largest absolute Gasteiger partial charge is 0.390 e. The molecule has 0 amide bonds. The molecule has 1 aliphatic heterocycles. The first-order valence-corrected chi connectivity index (χ1v) is 5.11. The normalized spacial score (nSPS) is 44.9. The molecule has 15 heavy (non-hydrogen) atoms. The van der Waals surface area contributed by atoms with Crippen molar-refractivity contribution in [2.75, 3.05) is 6.61 Å². The van der Waals surface area contributed by atoms with Gasteiger partial charge in [-0.15, -0.1) is 0 Å². The second-order valence-corrected chi connectivity index (χ2v) is 4.62. The monoisotopic (exact) mass is 216 g/mol. The van der Waals surface area contributed by atoms with Crippen LogP contribution in [0.5, 0.6) is 0 Å². The maximum Gasteiger partial charge on any atom is 0.163 e. The Bertz CT molecular complexity index is 275. The molecule has 0 aromatic heterocycles. The van der Waals surface area contributed by atoms with Gasteiger partial charge in [-0.2, -0.15) is 0 Å². The molecule has 0 aromatic carbocycles. The quantitative estimate of drug-likeness (QED) is 0.615. The fourth-order valence-electron chi connectivity index (χ4n) is 2.21. The number of Topliss-reactive ketones (excluding diaryl/α,β-unsaturated/α-hetero) is 1. The van der Waals surface area contributed by atoms with Crippen LogP contribution in [0.3, 0.4) is 0 Å². The summed E-state index contributed by atoms with van der Waals surface area (Å²) in [6, 6.07) is 0. The smallest absolute Gasteiger partial charge is 0.163 e. The molecule has 0 unspecified atom stereocenters. The van der Waals surface area contributed by atoms with Gasteiger partial charge in [0.15, 0.2) is 5.79 Å². The fourth-order valence-corrected chi connectivity index (χ4v) is 2.21. The van der Waals surface area contributed by atoms with Crippen LogP contribution in [0.2, 0.25) is 0 Å². The number of aliphatic hydroxyl groups excluding tert-OH is 2. The second-order valence-electron chi connectivity index (χ2n) is 4.62. The topological polar surface area (TPSA) is 76.0 Å². The number of carbonyl (C=O) groups is 1. The molecule has 1 aliphatic carbocycles. The molecule has 5 nitrogen and oxygen atoms in total. The molecule has 4 atom stereocenters. The number of hydrogen-bond acceptors (Lipinski definition) is 5. The Labute approximate surface area is 88.0 Å². The standard InChI is InChI=1S/C10H16O5/c1-10(2)14-4-7(15-10)8-5(11)3-6(12)9(8)13/h6-9,12-13H,3-4H2,1-2H3/t6-,7+,8-,9+/m0/s1. The first-order chi connectivity index (χ1) is 6.91. The molecular formula is C10H16O5. The van der Waals surface area contributed by atoms with Gasteiger partial charge in [-0.25, -0.2) is 0 Å². The molecule has 5 heteroatoms.